The van der Waals surface area contributed by atoms with E-state index in [1.54, 1.807) is 29.2 Å². The van der Waals surface area contributed by atoms with Gasteiger partial charge >= 0.3 is 0 Å². The third kappa shape index (κ3) is 4.22. The first kappa shape index (κ1) is 17.5. The summed E-state index contributed by atoms with van der Waals surface area (Å²) in [6.45, 7) is -0.0899. The second kappa shape index (κ2) is 7.31. The maximum atomic E-state index is 12.8. The molecule has 0 spiro atoms. The molecule has 1 saturated heterocycles. The lowest BCUT2D eigenvalue weighted by Crippen LogP contribution is -2.48. The van der Waals surface area contributed by atoms with E-state index in [1.807, 2.05) is 0 Å². The van der Waals surface area contributed by atoms with Crippen LogP contribution in [0.15, 0.2) is 24.3 Å². The minimum atomic E-state index is -3.03. The summed E-state index contributed by atoms with van der Waals surface area (Å²) in [4.78, 5) is 14.6. The van der Waals surface area contributed by atoms with Crippen LogP contribution in [0.2, 0.25) is 5.02 Å². The highest BCUT2D eigenvalue weighted by molar-refractivity contribution is 7.91. The zero-order valence-corrected chi connectivity index (χ0v) is 15.1. The highest BCUT2D eigenvalue weighted by Gasteiger charge is 2.39. The fourth-order valence-corrected chi connectivity index (χ4v) is 5.55. The van der Waals surface area contributed by atoms with Crippen molar-refractivity contribution < 1.29 is 17.9 Å². The molecule has 1 heterocycles. The predicted octanol–water partition coefficient (Wildman–Crippen LogP) is 2.68. The molecule has 132 valence electrons. The Hall–Kier alpha value is -1.27. The first-order chi connectivity index (χ1) is 11.4. The summed E-state index contributed by atoms with van der Waals surface area (Å²) in [5.41, 5.74) is 0. The van der Waals surface area contributed by atoms with Gasteiger partial charge in [-0.15, -0.1) is 0 Å². The van der Waals surface area contributed by atoms with Crippen molar-refractivity contribution >= 4 is 27.3 Å². The molecular weight excluding hydrogens is 350 g/mol. The molecule has 1 aliphatic heterocycles. The van der Waals surface area contributed by atoms with Gasteiger partial charge in [0.25, 0.3) is 5.91 Å². The molecule has 1 saturated carbocycles. The largest absolute Gasteiger partial charge is 0.484 e. The van der Waals surface area contributed by atoms with Gasteiger partial charge in [-0.25, -0.2) is 8.42 Å². The van der Waals surface area contributed by atoms with Crippen molar-refractivity contribution in [1.29, 1.82) is 0 Å². The van der Waals surface area contributed by atoms with E-state index in [-0.39, 0.29) is 36.1 Å². The molecule has 1 amide bonds. The molecule has 1 aromatic rings. The van der Waals surface area contributed by atoms with Crippen LogP contribution in [0.1, 0.15) is 32.1 Å². The lowest BCUT2D eigenvalue weighted by Gasteiger charge is -2.34. The van der Waals surface area contributed by atoms with Crippen LogP contribution in [0.4, 0.5) is 0 Å². The van der Waals surface area contributed by atoms with Crippen LogP contribution in [-0.2, 0) is 14.6 Å². The lowest BCUT2D eigenvalue weighted by molar-refractivity contribution is -0.137. The van der Waals surface area contributed by atoms with Crippen molar-refractivity contribution in [1.82, 2.24) is 4.90 Å². The van der Waals surface area contributed by atoms with Crippen LogP contribution >= 0.6 is 11.6 Å². The number of halogens is 1. The van der Waals surface area contributed by atoms with Gasteiger partial charge in [0.05, 0.1) is 11.5 Å². The highest BCUT2D eigenvalue weighted by atomic mass is 35.5. The summed E-state index contributed by atoms with van der Waals surface area (Å²) < 4.78 is 29.2. The molecule has 1 aromatic carbocycles. The third-order valence-corrected chi connectivity index (χ3v) is 6.75. The van der Waals surface area contributed by atoms with Crippen LogP contribution in [0.5, 0.6) is 5.75 Å². The Morgan fingerprint density at radius 2 is 1.96 bits per heavy atom. The number of hydrogen-bond acceptors (Lipinski definition) is 4. The fourth-order valence-electron chi connectivity index (χ4n) is 3.66. The number of nitrogens with zero attached hydrogens (tertiary/aromatic N) is 1. The van der Waals surface area contributed by atoms with Crippen LogP contribution in [0.3, 0.4) is 0 Å². The van der Waals surface area contributed by atoms with Gasteiger partial charge in [-0.3, -0.25) is 4.79 Å². The van der Waals surface area contributed by atoms with Gasteiger partial charge in [0.15, 0.2) is 16.4 Å². The maximum Gasteiger partial charge on any atom is 0.261 e. The molecule has 5 nitrogen and oxygen atoms in total. The number of carbonyl (C=O) groups excluding carboxylic acids is 1. The monoisotopic (exact) mass is 371 g/mol. The molecule has 2 fully saturated rings. The van der Waals surface area contributed by atoms with Crippen molar-refractivity contribution in [2.45, 2.75) is 44.2 Å². The van der Waals surface area contributed by atoms with E-state index in [0.29, 0.717) is 17.2 Å². The van der Waals surface area contributed by atoms with Crippen LogP contribution in [0.25, 0.3) is 0 Å². The van der Waals surface area contributed by atoms with E-state index < -0.39 is 9.84 Å². The molecule has 7 heteroatoms. The SMILES string of the molecule is O=C(COc1cccc(Cl)c1)N(C1CCCC1)[C@H]1CCS(=O)(=O)C1. The maximum absolute atomic E-state index is 12.8. The number of ether oxygens (including phenoxy) is 1. The van der Waals surface area contributed by atoms with Gasteiger partial charge in [-0.2, -0.15) is 0 Å². The molecule has 0 bridgehead atoms. The average Bonchev–Trinajstić information content (AvgIpc) is 3.16. The highest BCUT2D eigenvalue weighted by Crippen LogP contribution is 2.29. The number of sulfone groups is 1. The van der Waals surface area contributed by atoms with Gasteiger partial charge < -0.3 is 9.64 Å². The number of amides is 1. The molecule has 0 aromatic heterocycles. The first-order valence-corrected chi connectivity index (χ1v) is 10.5. The van der Waals surface area contributed by atoms with Crippen molar-refractivity contribution in [2.75, 3.05) is 18.1 Å². The normalized spacial score (nSPS) is 23.3. The van der Waals surface area contributed by atoms with Gasteiger partial charge in [0.2, 0.25) is 0 Å². The summed E-state index contributed by atoms with van der Waals surface area (Å²) in [5.74, 6) is 0.653. The minimum absolute atomic E-state index is 0.0758. The Labute approximate surface area is 147 Å². The summed E-state index contributed by atoms with van der Waals surface area (Å²) in [7, 11) is -3.03. The molecule has 24 heavy (non-hydrogen) atoms. The molecule has 0 radical (unpaired) electrons. The lowest BCUT2D eigenvalue weighted by atomic mass is 10.1. The van der Waals surface area contributed by atoms with Gasteiger partial charge in [0, 0.05) is 17.1 Å². The van der Waals surface area contributed by atoms with E-state index in [9.17, 15) is 13.2 Å². The van der Waals surface area contributed by atoms with Crippen molar-refractivity contribution in [3.63, 3.8) is 0 Å². The summed E-state index contributed by atoms with van der Waals surface area (Å²) >= 11 is 5.92. The molecule has 1 aliphatic carbocycles. The molecule has 0 unspecified atom stereocenters. The van der Waals surface area contributed by atoms with Crippen LogP contribution in [0, 0.1) is 0 Å². The summed E-state index contributed by atoms with van der Waals surface area (Å²) in [6.07, 6.45) is 4.59. The number of carbonyl (C=O) groups is 1. The van der Waals surface area contributed by atoms with Crippen molar-refractivity contribution in [3.8, 4) is 5.75 Å². The second-order valence-corrected chi connectivity index (χ2v) is 9.21. The van der Waals surface area contributed by atoms with Gasteiger partial charge in [0.1, 0.15) is 5.75 Å². The summed E-state index contributed by atoms with van der Waals surface area (Å²) in [5, 5.41) is 0.550. The van der Waals surface area contributed by atoms with E-state index >= 15 is 0 Å². The molecule has 1 atom stereocenters. The van der Waals surface area contributed by atoms with Crippen LogP contribution < -0.4 is 4.74 Å². The molecular formula is C17H22ClNO4S. The van der Waals surface area contributed by atoms with Crippen molar-refractivity contribution in [2.24, 2.45) is 0 Å². The molecule has 2 aliphatic rings. The molecule has 3 rings (SSSR count). The minimum Gasteiger partial charge on any atom is -0.484 e. The van der Waals surface area contributed by atoms with Gasteiger partial charge in [-0.1, -0.05) is 30.5 Å². The number of benzene rings is 1. The number of hydrogen-bond donors (Lipinski definition) is 0. The standard InChI is InChI=1S/C17H22ClNO4S/c18-13-4-3-7-16(10-13)23-11-17(20)19(14-5-1-2-6-14)15-8-9-24(21,22)12-15/h3-4,7,10,14-15H,1-2,5-6,8-9,11-12H2/t15-/m0/s1. The molecule has 0 N–H and O–H groups in total. The van der Waals surface area contributed by atoms with E-state index in [4.69, 9.17) is 16.3 Å². The first-order valence-electron chi connectivity index (χ1n) is 8.34. The fraction of sp³-hybridized carbons (Fsp3) is 0.588. The third-order valence-electron chi connectivity index (χ3n) is 4.77. The smallest absolute Gasteiger partial charge is 0.261 e. The Bertz CT molecular complexity index is 700. The summed E-state index contributed by atoms with van der Waals surface area (Å²) in [6, 6.07) is 6.84. The Morgan fingerprint density at radius 3 is 2.58 bits per heavy atom. The van der Waals surface area contributed by atoms with Gasteiger partial charge in [-0.05, 0) is 37.5 Å². The Balaban J connectivity index is 1.69. The van der Waals surface area contributed by atoms with E-state index in [2.05, 4.69) is 0 Å². The second-order valence-electron chi connectivity index (χ2n) is 6.54. The van der Waals surface area contributed by atoms with Crippen LogP contribution in [-0.4, -0.2) is 49.4 Å². The zero-order chi connectivity index (χ0) is 17.2. The Morgan fingerprint density at radius 1 is 1.21 bits per heavy atom. The average molecular weight is 372 g/mol. The topological polar surface area (TPSA) is 63.7 Å². The quantitative estimate of drug-likeness (QED) is 0.798. The zero-order valence-electron chi connectivity index (χ0n) is 13.5. The van der Waals surface area contributed by atoms with E-state index in [1.165, 1.54) is 0 Å². The Kier molecular flexibility index (Phi) is 5.35. The predicted molar refractivity (Wildman–Crippen MR) is 93.1 cm³/mol. The van der Waals surface area contributed by atoms with E-state index in [0.717, 1.165) is 25.7 Å². The van der Waals surface area contributed by atoms with Crippen molar-refractivity contribution in [3.05, 3.63) is 29.3 Å². The number of rotatable bonds is 5.